The summed E-state index contributed by atoms with van der Waals surface area (Å²) >= 11 is 6.16. The largest absolute Gasteiger partial charge is 0.618 e. The number of halogens is 4. The first kappa shape index (κ1) is 18.5. The number of aromatic nitrogens is 2. The zero-order valence-corrected chi connectivity index (χ0v) is 14.3. The number of benzene rings is 1. The number of rotatable bonds is 2. The number of piperazine rings is 1. The number of anilines is 1. The first-order chi connectivity index (χ1) is 12.1. The van der Waals surface area contributed by atoms with Gasteiger partial charge in [0, 0.05) is 45.2 Å². The Bertz CT molecular complexity index is 898. The molecule has 0 radical (unpaired) electrons. The standard InChI is InChI=1S/C15H14ClF3N4O3/c1-8(24)13-14(15(17,18)19)23(26)11-6-9(16)10(7-12(11)22(13)25)21-4-2-20-3-5-21/h6-7,20H,2-5H2,1H3. The van der Waals surface area contributed by atoms with Crippen LogP contribution in [0.5, 0.6) is 0 Å². The van der Waals surface area contributed by atoms with Crippen LogP contribution in [-0.2, 0) is 6.18 Å². The molecule has 0 spiro atoms. The molecule has 1 aliphatic heterocycles. The molecule has 11 heteroatoms. The Labute approximate surface area is 150 Å². The van der Waals surface area contributed by atoms with Crippen LogP contribution in [0.25, 0.3) is 11.0 Å². The number of carbonyl (C=O) groups excluding carboxylic acids is 1. The fourth-order valence-electron chi connectivity index (χ4n) is 3.01. The van der Waals surface area contributed by atoms with Crippen LogP contribution in [0.1, 0.15) is 23.1 Å². The van der Waals surface area contributed by atoms with Gasteiger partial charge in [0.2, 0.25) is 5.78 Å². The van der Waals surface area contributed by atoms with E-state index >= 15 is 0 Å². The molecule has 140 valence electrons. The zero-order valence-electron chi connectivity index (χ0n) is 13.6. The molecule has 1 aliphatic rings. The fourth-order valence-corrected chi connectivity index (χ4v) is 3.28. The number of fused-ring (bicyclic) bond motifs is 1. The third-order valence-electron chi connectivity index (χ3n) is 4.17. The van der Waals surface area contributed by atoms with Crippen molar-refractivity contribution < 1.29 is 27.4 Å². The fraction of sp³-hybridized carbons (Fsp3) is 0.400. The maximum Gasteiger partial charge on any atom is 0.486 e. The van der Waals surface area contributed by atoms with Gasteiger partial charge in [0.15, 0.2) is 0 Å². The zero-order chi connectivity index (χ0) is 19.2. The molecule has 26 heavy (non-hydrogen) atoms. The van der Waals surface area contributed by atoms with Gasteiger partial charge in [0.1, 0.15) is 0 Å². The Balaban J connectivity index is 2.34. The average molecular weight is 391 g/mol. The van der Waals surface area contributed by atoms with Gasteiger partial charge < -0.3 is 20.6 Å². The van der Waals surface area contributed by atoms with Gasteiger partial charge in [-0.25, -0.2) is 0 Å². The summed E-state index contributed by atoms with van der Waals surface area (Å²) in [5, 5.41) is 28.0. The second-order valence-electron chi connectivity index (χ2n) is 5.87. The van der Waals surface area contributed by atoms with Crippen molar-refractivity contribution in [2.24, 2.45) is 0 Å². The summed E-state index contributed by atoms with van der Waals surface area (Å²) in [6, 6.07) is 2.27. The Morgan fingerprint density at radius 2 is 1.77 bits per heavy atom. The van der Waals surface area contributed by atoms with Gasteiger partial charge in [0.05, 0.1) is 10.7 Å². The number of nitrogens with one attached hydrogen (secondary N) is 1. The van der Waals surface area contributed by atoms with E-state index in [1.54, 1.807) is 0 Å². The number of alkyl halides is 3. The smallest absolute Gasteiger partial charge is 0.486 e. The highest BCUT2D eigenvalue weighted by atomic mass is 35.5. The van der Waals surface area contributed by atoms with Crippen LogP contribution in [0, 0.1) is 10.4 Å². The lowest BCUT2D eigenvalue weighted by atomic mass is 10.1. The number of ketones is 1. The highest BCUT2D eigenvalue weighted by Gasteiger charge is 2.50. The lowest BCUT2D eigenvalue weighted by Gasteiger charge is -2.30. The van der Waals surface area contributed by atoms with E-state index in [2.05, 4.69) is 5.32 Å². The quantitative estimate of drug-likeness (QED) is 0.476. The highest BCUT2D eigenvalue weighted by Crippen LogP contribution is 2.33. The summed E-state index contributed by atoms with van der Waals surface area (Å²) < 4.78 is 39.2. The Morgan fingerprint density at radius 3 is 2.31 bits per heavy atom. The van der Waals surface area contributed by atoms with Crippen LogP contribution >= 0.6 is 11.6 Å². The maximum absolute atomic E-state index is 13.3. The molecule has 1 aromatic heterocycles. The van der Waals surface area contributed by atoms with Gasteiger partial charge in [-0.3, -0.25) is 4.79 Å². The highest BCUT2D eigenvalue weighted by molar-refractivity contribution is 6.34. The number of hydrogen-bond acceptors (Lipinski definition) is 5. The van der Waals surface area contributed by atoms with Crippen molar-refractivity contribution in [2.75, 3.05) is 31.1 Å². The molecule has 1 saturated heterocycles. The van der Waals surface area contributed by atoms with E-state index in [1.165, 1.54) is 6.07 Å². The van der Waals surface area contributed by atoms with Crippen LogP contribution in [-0.4, -0.2) is 32.0 Å². The van der Waals surface area contributed by atoms with Crippen LogP contribution < -0.4 is 19.7 Å². The summed E-state index contributed by atoms with van der Waals surface area (Å²) in [5.41, 5.74) is -3.58. The topological polar surface area (TPSA) is 86.2 Å². The van der Waals surface area contributed by atoms with Gasteiger partial charge in [-0.15, -0.1) is 4.73 Å². The molecule has 2 aromatic rings. The molecule has 0 unspecified atom stereocenters. The van der Waals surface area contributed by atoms with E-state index in [4.69, 9.17) is 11.6 Å². The Hall–Kier alpha value is -2.33. The van der Waals surface area contributed by atoms with Crippen LogP contribution in [0.3, 0.4) is 0 Å². The van der Waals surface area contributed by atoms with Gasteiger partial charge in [-0.05, 0) is 0 Å². The molecule has 0 atom stereocenters. The molecule has 0 bridgehead atoms. The summed E-state index contributed by atoms with van der Waals surface area (Å²) in [4.78, 5) is 13.5. The van der Waals surface area contributed by atoms with Crippen LogP contribution in [0.4, 0.5) is 18.9 Å². The van der Waals surface area contributed by atoms with Crippen molar-refractivity contribution in [3.05, 3.63) is 39.0 Å². The van der Waals surface area contributed by atoms with Crippen molar-refractivity contribution in [2.45, 2.75) is 13.1 Å². The number of Topliss-reactive ketones (excluding diaryl/α,β-unsaturated/α-hetero) is 1. The molecule has 0 aliphatic carbocycles. The van der Waals surface area contributed by atoms with E-state index in [0.717, 1.165) is 13.0 Å². The lowest BCUT2D eigenvalue weighted by Crippen LogP contribution is -2.50. The van der Waals surface area contributed by atoms with Crippen molar-refractivity contribution in [3.63, 3.8) is 0 Å². The predicted molar refractivity (Wildman–Crippen MR) is 87.0 cm³/mol. The number of carbonyl (C=O) groups is 1. The molecule has 2 heterocycles. The van der Waals surface area contributed by atoms with Crippen LogP contribution in [0.15, 0.2) is 12.1 Å². The molecule has 1 fully saturated rings. The molecule has 1 aromatic carbocycles. The third kappa shape index (κ3) is 2.99. The molecule has 1 N–H and O–H groups in total. The van der Waals surface area contributed by atoms with E-state index in [-0.39, 0.29) is 15.3 Å². The van der Waals surface area contributed by atoms with Crippen molar-refractivity contribution in [1.82, 2.24) is 5.32 Å². The van der Waals surface area contributed by atoms with Crippen molar-refractivity contribution in [1.29, 1.82) is 0 Å². The van der Waals surface area contributed by atoms with E-state index < -0.39 is 33.6 Å². The molecule has 0 amide bonds. The Kier molecular flexibility index (Phi) is 4.57. The maximum atomic E-state index is 13.3. The molecule has 7 nitrogen and oxygen atoms in total. The minimum absolute atomic E-state index is 0.0488. The first-order valence-corrected chi connectivity index (χ1v) is 8.07. The van der Waals surface area contributed by atoms with Crippen LogP contribution in [0.2, 0.25) is 5.02 Å². The second-order valence-corrected chi connectivity index (χ2v) is 6.28. The lowest BCUT2D eigenvalue weighted by molar-refractivity contribution is -0.647. The van der Waals surface area contributed by atoms with Gasteiger partial charge in [-0.1, -0.05) is 11.6 Å². The minimum atomic E-state index is -5.17. The predicted octanol–water partition coefficient (Wildman–Crippen LogP) is 1.39. The average Bonchev–Trinajstić information content (AvgIpc) is 2.56. The number of nitrogens with zero attached hydrogens (tertiary/aromatic N) is 3. The van der Waals surface area contributed by atoms with Crippen molar-refractivity contribution in [3.8, 4) is 0 Å². The Morgan fingerprint density at radius 1 is 1.19 bits per heavy atom. The molecule has 0 saturated carbocycles. The third-order valence-corrected chi connectivity index (χ3v) is 4.47. The summed E-state index contributed by atoms with van der Waals surface area (Å²) in [6.07, 6.45) is -5.17. The molecular formula is C15H14ClF3N4O3. The summed E-state index contributed by atoms with van der Waals surface area (Å²) in [5.74, 6) is -1.16. The normalized spacial score (nSPS) is 15.5. The minimum Gasteiger partial charge on any atom is -0.618 e. The van der Waals surface area contributed by atoms with Gasteiger partial charge >= 0.3 is 17.6 Å². The van der Waals surface area contributed by atoms with Crippen molar-refractivity contribution >= 4 is 34.1 Å². The SMILES string of the molecule is CC(=O)c1c(C(F)(F)F)[n+]([O-])c2cc(Cl)c(N3CCNCC3)cc2[n+]1[O-]. The summed E-state index contributed by atoms with van der Waals surface area (Å²) in [7, 11) is 0. The molecular weight excluding hydrogens is 377 g/mol. The first-order valence-electron chi connectivity index (χ1n) is 7.69. The molecule has 3 rings (SSSR count). The van der Waals surface area contributed by atoms with E-state index in [1.807, 2.05) is 4.90 Å². The monoisotopic (exact) mass is 390 g/mol. The van der Waals surface area contributed by atoms with E-state index in [9.17, 15) is 28.4 Å². The van der Waals surface area contributed by atoms with Gasteiger partial charge in [-0.2, -0.15) is 17.9 Å². The summed E-state index contributed by atoms with van der Waals surface area (Å²) in [6.45, 7) is 3.28. The van der Waals surface area contributed by atoms with Gasteiger partial charge in [0.25, 0.3) is 11.0 Å². The van der Waals surface area contributed by atoms with E-state index in [0.29, 0.717) is 31.9 Å². The second kappa shape index (κ2) is 6.44. The number of hydrogen-bond donors (Lipinski definition) is 1.